The number of carbonyl (C=O) groups excluding carboxylic acids is 1. The first-order chi connectivity index (χ1) is 11.4. The van der Waals surface area contributed by atoms with Crippen molar-refractivity contribution in [2.75, 3.05) is 6.54 Å². The molecule has 0 saturated carbocycles. The molecule has 2 aromatic carbocycles. The zero-order chi connectivity index (χ0) is 17.2. The maximum Gasteiger partial charge on any atom is 0.364 e. The van der Waals surface area contributed by atoms with Crippen LogP contribution >= 0.6 is 0 Å². The number of hydrogen-bond acceptors (Lipinski definition) is 2. The molecule has 3 heteroatoms. The lowest BCUT2D eigenvalue weighted by molar-refractivity contribution is -0.216. The van der Waals surface area contributed by atoms with Gasteiger partial charge in [0.05, 0.1) is 0 Å². The summed E-state index contributed by atoms with van der Waals surface area (Å²) in [4.78, 5) is 17.9. The number of nitrogens with zero attached hydrogens (tertiary/aromatic N) is 1. The van der Waals surface area contributed by atoms with Crippen molar-refractivity contribution in [2.24, 2.45) is 0 Å². The van der Waals surface area contributed by atoms with Gasteiger partial charge in [0.1, 0.15) is 12.1 Å². The monoisotopic (exact) mass is 324 g/mol. The molecule has 3 nitrogen and oxygen atoms in total. The van der Waals surface area contributed by atoms with E-state index in [1.807, 2.05) is 18.2 Å². The van der Waals surface area contributed by atoms with Gasteiger partial charge in [-0.3, -0.25) is 4.84 Å². The van der Waals surface area contributed by atoms with Crippen LogP contribution in [0.1, 0.15) is 45.1 Å². The normalized spacial score (nSPS) is 25.9. The van der Waals surface area contributed by atoms with Gasteiger partial charge in [-0.05, 0) is 25.3 Å². The third-order valence-corrected chi connectivity index (χ3v) is 5.24. The van der Waals surface area contributed by atoms with Crippen LogP contribution in [0, 0.1) is 0 Å². The van der Waals surface area contributed by atoms with Crippen LogP contribution in [-0.4, -0.2) is 18.1 Å². The Morgan fingerprint density at radius 1 is 1.04 bits per heavy atom. The number of para-hydroxylation sites is 1. The molecule has 0 aromatic heterocycles. The lowest BCUT2D eigenvalue weighted by atomic mass is 9.78. The van der Waals surface area contributed by atoms with Crippen molar-refractivity contribution >= 4 is 11.7 Å². The van der Waals surface area contributed by atoms with Crippen LogP contribution < -0.4 is 4.65 Å². The van der Waals surface area contributed by atoms with Crippen molar-refractivity contribution < 1.29 is 9.63 Å². The van der Waals surface area contributed by atoms with Crippen LogP contribution in [0.4, 0.5) is 5.69 Å². The Morgan fingerprint density at radius 3 is 2.17 bits per heavy atom. The molecule has 2 aromatic rings. The van der Waals surface area contributed by atoms with E-state index in [1.54, 1.807) is 0 Å². The molecule has 2 unspecified atom stereocenters. The van der Waals surface area contributed by atoms with Crippen LogP contribution in [0.3, 0.4) is 0 Å². The summed E-state index contributed by atoms with van der Waals surface area (Å²) in [5, 5.41) is 0. The summed E-state index contributed by atoms with van der Waals surface area (Å²) in [5.41, 5.74) is 2.22. The Kier molecular flexibility index (Phi) is 4.46. The molecule has 1 aliphatic heterocycles. The molecule has 0 amide bonds. The van der Waals surface area contributed by atoms with Crippen LogP contribution in [0.5, 0.6) is 0 Å². The van der Waals surface area contributed by atoms with Crippen molar-refractivity contribution in [1.82, 2.24) is 4.65 Å². The predicted octanol–water partition coefficient (Wildman–Crippen LogP) is 4.83. The molecule has 0 aliphatic carbocycles. The average Bonchev–Trinajstić information content (AvgIpc) is 2.57. The van der Waals surface area contributed by atoms with Crippen LogP contribution in [0.2, 0.25) is 0 Å². The molecule has 1 aliphatic rings. The topological polar surface area (TPSA) is 26.3 Å². The van der Waals surface area contributed by atoms with E-state index in [0.717, 1.165) is 25.1 Å². The molecule has 0 radical (unpaired) electrons. The van der Waals surface area contributed by atoms with E-state index in [0.29, 0.717) is 5.92 Å². The van der Waals surface area contributed by atoms with Gasteiger partial charge in [-0.2, -0.15) is 0 Å². The molecule has 1 heterocycles. The third kappa shape index (κ3) is 2.96. The number of carbonyl (C=O) groups is 1. The zero-order valence-corrected chi connectivity index (χ0v) is 14.7. The molecule has 126 valence electrons. The van der Waals surface area contributed by atoms with E-state index in [2.05, 4.69) is 56.3 Å². The fourth-order valence-electron chi connectivity index (χ4n) is 4.09. The fraction of sp³-hybridized carbons (Fsp3) is 0.381. The molecular formula is C21H26NO2+. The van der Waals surface area contributed by atoms with Crippen molar-refractivity contribution in [1.29, 1.82) is 0 Å². The molecule has 0 spiro atoms. The van der Waals surface area contributed by atoms with E-state index in [4.69, 9.17) is 4.84 Å². The summed E-state index contributed by atoms with van der Waals surface area (Å²) >= 11 is 0. The number of piperidine rings is 1. The Morgan fingerprint density at radius 2 is 1.62 bits per heavy atom. The highest BCUT2D eigenvalue weighted by Crippen LogP contribution is 2.45. The SMILES string of the molecule is CC(=O)O[N+]1(c2ccccc2)CCC(c2ccccc2)CC1(C)C. The Bertz CT molecular complexity index is 696. The number of benzene rings is 2. The standard InChI is InChI=1S/C21H26NO2/c1-17(23)24-22(20-12-8-5-9-13-20)15-14-19(16-21(22,2)3)18-10-6-4-7-11-18/h4-13,19H,14-16H2,1-3H3/q+1. The van der Waals surface area contributed by atoms with Gasteiger partial charge in [0.2, 0.25) is 0 Å². The van der Waals surface area contributed by atoms with E-state index >= 15 is 0 Å². The Hall–Kier alpha value is -2.13. The summed E-state index contributed by atoms with van der Waals surface area (Å²) in [6.07, 6.45) is 1.97. The average molecular weight is 324 g/mol. The van der Waals surface area contributed by atoms with E-state index in [-0.39, 0.29) is 16.2 Å². The Balaban J connectivity index is 1.98. The quantitative estimate of drug-likeness (QED) is 0.756. The second kappa shape index (κ2) is 6.40. The second-order valence-electron chi connectivity index (χ2n) is 7.29. The van der Waals surface area contributed by atoms with Crippen LogP contribution in [-0.2, 0) is 9.63 Å². The molecule has 0 N–H and O–H groups in total. The summed E-state index contributed by atoms with van der Waals surface area (Å²) in [6.45, 7) is 6.70. The maximum atomic E-state index is 11.9. The van der Waals surface area contributed by atoms with Gasteiger partial charge in [0.15, 0.2) is 5.69 Å². The minimum absolute atomic E-state index is 0.203. The molecule has 3 rings (SSSR count). The van der Waals surface area contributed by atoms with Gasteiger partial charge in [0.25, 0.3) is 0 Å². The van der Waals surface area contributed by atoms with Gasteiger partial charge in [-0.25, -0.2) is 4.79 Å². The minimum atomic E-state index is -0.231. The van der Waals surface area contributed by atoms with Crippen molar-refractivity contribution in [3.8, 4) is 0 Å². The van der Waals surface area contributed by atoms with Crippen molar-refractivity contribution in [3.05, 3.63) is 66.2 Å². The van der Waals surface area contributed by atoms with E-state index < -0.39 is 0 Å². The number of quaternary nitrogens is 1. The van der Waals surface area contributed by atoms with Crippen molar-refractivity contribution in [2.45, 2.75) is 45.1 Å². The first-order valence-corrected chi connectivity index (χ1v) is 8.63. The lowest BCUT2D eigenvalue weighted by Crippen LogP contribution is -2.66. The molecule has 2 atom stereocenters. The fourth-order valence-corrected chi connectivity index (χ4v) is 4.09. The zero-order valence-electron chi connectivity index (χ0n) is 14.7. The molecule has 1 fully saturated rings. The highest BCUT2D eigenvalue weighted by atomic mass is 16.7. The van der Waals surface area contributed by atoms with Gasteiger partial charge in [-0.1, -0.05) is 53.2 Å². The molecule has 1 saturated heterocycles. The number of hydroxylamine groups is 2. The molecular weight excluding hydrogens is 298 g/mol. The largest absolute Gasteiger partial charge is 0.364 e. The van der Waals surface area contributed by atoms with Crippen molar-refractivity contribution in [3.63, 3.8) is 0 Å². The second-order valence-corrected chi connectivity index (χ2v) is 7.29. The lowest BCUT2D eigenvalue weighted by Gasteiger charge is -2.50. The number of rotatable bonds is 3. The number of hydrogen-bond donors (Lipinski definition) is 0. The van der Waals surface area contributed by atoms with Gasteiger partial charge >= 0.3 is 5.97 Å². The summed E-state index contributed by atoms with van der Waals surface area (Å²) < 4.78 is 0.270. The maximum absolute atomic E-state index is 11.9. The summed E-state index contributed by atoms with van der Waals surface area (Å²) in [6, 6.07) is 20.8. The third-order valence-electron chi connectivity index (χ3n) is 5.24. The first kappa shape index (κ1) is 16.7. The van der Waals surface area contributed by atoms with Gasteiger partial charge < -0.3 is 0 Å². The van der Waals surface area contributed by atoms with Gasteiger partial charge in [-0.15, -0.1) is 0 Å². The summed E-state index contributed by atoms with van der Waals surface area (Å²) in [7, 11) is 0. The molecule has 0 bridgehead atoms. The van der Waals surface area contributed by atoms with Crippen LogP contribution in [0.25, 0.3) is 0 Å². The highest BCUT2D eigenvalue weighted by molar-refractivity contribution is 5.67. The first-order valence-electron chi connectivity index (χ1n) is 8.63. The Labute approximate surface area is 144 Å². The van der Waals surface area contributed by atoms with E-state index in [1.165, 1.54) is 12.5 Å². The molecule has 24 heavy (non-hydrogen) atoms. The summed E-state index contributed by atoms with van der Waals surface area (Å²) in [5.74, 6) is 0.261. The predicted molar refractivity (Wildman–Crippen MR) is 97.4 cm³/mol. The smallest absolute Gasteiger partial charge is 0.271 e. The highest BCUT2D eigenvalue weighted by Gasteiger charge is 2.54. The van der Waals surface area contributed by atoms with E-state index in [9.17, 15) is 4.79 Å². The minimum Gasteiger partial charge on any atom is -0.271 e. The van der Waals surface area contributed by atoms with Crippen LogP contribution in [0.15, 0.2) is 60.7 Å². The van der Waals surface area contributed by atoms with Gasteiger partial charge in [0, 0.05) is 31.9 Å².